The average molecular weight is 274 g/mol. The summed E-state index contributed by atoms with van der Waals surface area (Å²) in [5.41, 5.74) is 4.37. The minimum Gasteiger partial charge on any atom is -0.329 e. The van der Waals surface area contributed by atoms with E-state index in [-0.39, 0.29) is 12.2 Å². The molecule has 19 heavy (non-hydrogen) atoms. The van der Waals surface area contributed by atoms with Crippen LogP contribution >= 0.6 is 0 Å². The van der Waals surface area contributed by atoms with Crippen LogP contribution in [0.15, 0.2) is 12.1 Å². The Labute approximate surface area is 110 Å². The summed E-state index contributed by atoms with van der Waals surface area (Å²) in [5, 5.41) is 2.27. The van der Waals surface area contributed by atoms with E-state index in [4.69, 9.17) is 5.73 Å². The van der Waals surface area contributed by atoms with Crippen LogP contribution in [0.5, 0.6) is 0 Å². The molecule has 0 aliphatic heterocycles. The van der Waals surface area contributed by atoms with E-state index in [1.165, 1.54) is 0 Å². The van der Waals surface area contributed by atoms with Crippen molar-refractivity contribution in [1.29, 1.82) is 0 Å². The molecule has 1 aromatic carbocycles. The maximum absolute atomic E-state index is 13.4. The first kappa shape index (κ1) is 15.5. The van der Waals surface area contributed by atoms with Crippen molar-refractivity contribution in [3.05, 3.63) is 29.6 Å². The van der Waals surface area contributed by atoms with E-state index < -0.39 is 28.8 Å². The molecule has 0 aromatic heterocycles. The number of carbonyl (C=O) groups is 1. The van der Waals surface area contributed by atoms with Crippen LogP contribution in [0.4, 0.5) is 18.9 Å². The van der Waals surface area contributed by atoms with Crippen molar-refractivity contribution in [3.8, 4) is 0 Å². The van der Waals surface area contributed by atoms with Gasteiger partial charge in [-0.05, 0) is 12.8 Å². The van der Waals surface area contributed by atoms with Crippen LogP contribution in [0, 0.1) is 22.9 Å². The van der Waals surface area contributed by atoms with E-state index in [2.05, 4.69) is 5.32 Å². The van der Waals surface area contributed by atoms with Crippen molar-refractivity contribution in [1.82, 2.24) is 0 Å². The molecule has 0 fully saturated rings. The van der Waals surface area contributed by atoms with Gasteiger partial charge in [0, 0.05) is 18.7 Å². The van der Waals surface area contributed by atoms with Crippen molar-refractivity contribution in [2.24, 2.45) is 11.1 Å². The van der Waals surface area contributed by atoms with Gasteiger partial charge in [-0.1, -0.05) is 13.8 Å². The van der Waals surface area contributed by atoms with Gasteiger partial charge in [-0.25, -0.2) is 13.2 Å². The van der Waals surface area contributed by atoms with Crippen molar-refractivity contribution in [2.75, 3.05) is 11.9 Å². The molecular formula is C13H17F3N2O. The van der Waals surface area contributed by atoms with Gasteiger partial charge < -0.3 is 11.1 Å². The first-order valence-electron chi connectivity index (χ1n) is 6.06. The molecule has 0 bridgehead atoms. The lowest BCUT2D eigenvalue weighted by molar-refractivity contribution is -0.125. The Morgan fingerprint density at radius 1 is 1.16 bits per heavy atom. The molecule has 3 nitrogen and oxygen atoms in total. The number of hydrogen-bond acceptors (Lipinski definition) is 2. The number of carbonyl (C=O) groups excluding carboxylic acids is 1. The lowest BCUT2D eigenvalue weighted by Crippen LogP contribution is -2.41. The van der Waals surface area contributed by atoms with Gasteiger partial charge in [-0.2, -0.15) is 0 Å². The van der Waals surface area contributed by atoms with E-state index in [0.717, 1.165) is 0 Å². The van der Waals surface area contributed by atoms with Crippen LogP contribution in [0.2, 0.25) is 0 Å². The highest BCUT2D eigenvalue weighted by atomic mass is 19.2. The van der Waals surface area contributed by atoms with Gasteiger partial charge >= 0.3 is 0 Å². The van der Waals surface area contributed by atoms with Gasteiger partial charge in [-0.15, -0.1) is 0 Å². The molecule has 0 saturated carbocycles. The molecule has 0 unspecified atom stereocenters. The molecule has 0 atom stereocenters. The highest BCUT2D eigenvalue weighted by Crippen LogP contribution is 2.28. The fourth-order valence-corrected chi connectivity index (χ4v) is 1.83. The maximum atomic E-state index is 13.4. The summed E-state index contributed by atoms with van der Waals surface area (Å²) in [4.78, 5) is 12.1. The van der Waals surface area contributed by atoms with Gasteiger partial charge in [0.1, 0.15) is 5.82 Å². The molecule has 0 spiro atoms. The Morgan fingerprint density at radius 3 is 2.16 bits per heavy atom. The zero-order valence-electron chi connectivity index (χ0n) is 10.9. The maximum Gasteiger partial charge on any atom is 0.231 e. The third-order valence-electron chi connectivity index (χ3n) is 3.48. The van der Waals surface area contributed by atoms with E-state index in [1.54, 1.807) is 13.8 Å². The van der Waals surface area contributed by atoms with E-state index >= 15 is 0 Å². The molecule has 1 amide bonds. The quantitative estimate of drug-likeness (QED) is 0.811. The molecule has 0 saturated heterocycles. The van der Waals surface area contributed by atoms with Crippen molar-refractivity contribution < 1.29 is 18.0 Å². The second kappa shape index (κ2) is 6.06. The largest absolute Gasteiger partial charge is 0.329 e. The van der Waals surface area contributed by atoms with Crippen LogP contribution in [0.25, 0.3) is 0 Å². The first-order valence-corrected chi connectivity index (χ1v) is 6.06. The second-order valence-electron chi connectivity index (χ2n) is 4.39. The molecule has 3 N–H and O–H groups in total. The SMILES string of the molecule is CCC(CC)(CN)C(=O)Nc1cc(F)c(F)cc1F. The number of rotatable bonds is 5. The molecule has 0 radical (unpaired) electrons. The number of nitrogens with two attached hydrogens (primary N) is 1. The lowest BCUT2D eigenvalue weighted by atomic mass is 9.81. The predicted octanol–water partition coefficient (Wildman–Crippen LogP) is 2.81. The van der Waals surface area contributed by atoms with Crippen LogP contribution in [-0.4, -0.2) is 12.5 Å². The van der Waals surface area contributed by atoms with Crippen molar-refractivity contribution in [3.63, 3.8) is 0 Å². The van der Waals surface area contributed by atoms with Crippen LogP contribution in [0.1, 0.15) is 26.7 Å². The summed E-state index contributed by atoms with van der Waals surface area (Å²) in [6, 6.07) is 1.02. The minimum absolute atomic E-state index is 0.0944. The third-order valence-corrected chi connectivity index (χ3v) is 3.48. The second-order valence-corrected chi connectivity index (χ2v) is 4.39. The van der Waals surface area contributed by atoms with Gasteiger partial charge in [0.25, 0.3) is 0 Å². The normalized spacial score (nSPS) is 11.5. The fourth-order valence-electron chi connectivity index (χ4n) is 1.83. The Balaban J connectivity index is 3.02. The third kappa shape index (κ3) is 3.07. The minimum atomic E-state index is -1.30. The zero-order chi connectivity index (χ0) is 14.6. The molecule has 0 aliphatic rings. The number of benzene rings is 1. The molecule has 1 aromatic rings. The standard InChI is InChI=1S/C13H17F3N2O/c1-3-13(4-2,7-17)12(19)18-11-6-9(15)8(14)5-10(11)16/h5-6H,3-4,7,17H2,1-2H3,(H,18,19). The first-order chi connectivity index (χ1) is 8.90. The smallest absolute Gasteiger partial charge is 0.231 e. The number of halogens is 3. The monoisotopic (exact) mass is 274 g/mol. The molecule has 1 rings (SSSR count). The fraction of sp³-hybridized carbons (Fsp3) is 0.462. The highest BCUT2D eigenvalue weighted by Gasteiger charge is 2.33. The average Bonchev–Trinajstić information content (AvgIpc) is 2.38. The number of anilines is 1. The Morgan fingerprint density at radius 2 is 1.68 bits per heavy atom. The van der Waals surface area contributed by atoms with Gasteiger partial charge in [0.2, 0.25) is 5.91 Å². The summed E-state index contributed by atoms with van der Waals surface area (Å²) >= 11 is 0. The number of amides is 1. The Bertz CT molecular complexity index is 465. The topological polar surface area (TPSA) is 55.1 Å². The molecule has 6 heteroatoms. The Hall–Kier alpha value is -1.56. The van der Waals surface area contributed by atoms with E-state index in [1.807, 2.05) is 0 Å². The summed E-state index contributed by atoms with van der Waals surface area (Å²) in [5.74, 6) is -4.04. The molecule has 0 heterocycles. The van der Waals surface area contributed by atoms with Crippen molar-refractivity contribution >= 4 is 11.6 Å². The number of nitrogens with one attached hydrogen (secondary N) is 1. The number of hydrogen-bond donors (Lipinski definition) is 2. The molecular weight excluding hydrogens is 257 g/mol. The lowest BCUT2D eigenvalue weighted by Gasteiger charge is -2.28. The molecule has 0 aliphatic carbocycles. The van der Waals surface area contributed by atoms with Crippen LogP contribution < -0.4 is 11.1 Å². The summed E-state index contributed by atoms with van der Waals surface area (Å²) in [6.45, 7) is 3.67. The summed E-state index contributed by atoms with van der Waals surface area (Å²) in [7, 11) is 0. The molecule has 106 valence electrons. The highest BCUT2D eigenvalue weighted by molar-refractivity contribution is 5.95. The van der Waals surface area contributed by atoms with Crippen LogP contribution in [-0.2, 0) is 4.79 Å². The van der Waals surface area contributed by atoms with E-state index in [0.29, 0.717) is 25.0 Å². The zero-order valence-corrected chi connectivity index (χ0v) is 10.9. The van der Waals surface area contributed by atoms with Crippen molar-refractivity contribution in [2.45, 2.75) is 26.7 Å². The predicted molar refractivity (Wildman–Crippen MR) is 67.0 cm³/mol. The summed E-state index contributed by atoms with van der Waals surface area (Å²) in [6.07, 6.45) is 0.939. The van der Waals surface area contributed by atoms with Gasteiger partial charge in [-0.3, -0.25) is 4.79 Å². The van der Waals surface area contributed by atoms with Gasteiger partial charge in [0.05, 0.1) is 11.1 Å². The van der Waals surface area contributed by atoms with Gasteiger partial charge in [0.15, 0.2) is 11.6 Å². The van der Waals surface area contributed by atoms with Crippen LogP contribution in [0.3, 0.4) is 0 Å². The van der Waals surface area contributed by atoms with E-state index in [9.17, 15) is 18.0 Å². The Kier molecular flexibility index (Phi) is 4.94. The summed E-state index contributed by atoms with van der Waals surface area (Å²) < 4.78 is 39.3.